The molecule has 0 radical (unpaired) electrons. The van der Waals surface area contributed by atoms with Gasteiger partial charge in [0.2, 0.25) is 0 Å². The van der Waals surface area contributed by atoms with E-state index in [9.17, 15) is 0 Å². The lowest BCUT2D eigenvalue weighted by atomic mass is 9.96. The first-order valence-corrected chi connectivity index (χ1v) is 7.85. The first-order chi connectivity index (χ1) is 9.83. The van der Waals surface area contributed by atoms with Crippen molar-refractivity contribution in [1.29, 1.82) is 0 Å². The molecule has 3 rings (SSSR count). The Kier molecular flexibility index (Phi) is 4.21. The lowest BCUT2D eigenvalue weighted by molar-refractivity contribution is 0.411. The standard InChI is InChI=1S/C16H21N3S/c20-16(17-13-7-2-1-3-8-13)19-18-15-11-10-12-6-4-5-9-14(12)15/h4-6,9,11,13,18H,1-3,7-8,10H2,(H2,17,19,20). The van der Waals surface area contributed by atoms with E-state index in [1.165, 1.54) is 43.2 Å². The summed E-state index contributed by atoms with van der Waals surface area (Å²) < 4.78 is 0. The van der Waals surface area contributed by atoms with Crippen LogP contribution in [0.4, 0.5) is 0 Å². The molecule has 0 aromatic heterocycles. The molecule has 0 atom stereocenters. The van der Waals surface area contributed by atoms with Crippen LogP contribution in [0, 0.1) is 0 Å². The quantitative estimate of drug-likeness (QED) is 0.590. The molecule has 3 nitrogen and oxygen atoms in total. The zero-order valence-electron chi connectivity index (χ0n) is 11.6. The van der Waals surface area contributed by atoms with E-state index in [0.29, 0.717) is 11.2 Å². The van der Waals surface area contributed by atoms with Gasteiger partial charge in [0.15, 0.2) is 5.11 Å². The second kappa shape index (κ2) is 6.27. The van der Waals surface area contributed by atoms with Gasteiger partial charge in [0, 0.05) is 11.6 Å². The molecule has 0 unspecified atom stereocenters. The van der Waals surface area contributed by atoms with Gasteiger partial charge in [-0.15, -0.1) is 0 Å². The molecule has 0 saturated heterocycles. The fourth-order valence-corrected chi connectivity index (χ4v) is 3.21. The summed E-state index contributed by atoms with van der Waals surface area (Å²) in [6, 6.07) is 8.99. The summed E-state index contributed by atoms with van der Waals surface area (Å²) >= 11 is 5.36. The van der Waals surface area contributed by atoms with Gasteiger partial charge in [-0.25, -0.2) is 0 Å². The Bertz CT molecular complexity index is 518. The third-order valence-electron chi connectivity index (χ3n) is 4.08. The summed E-state index contributed by atoms with van der Waals surface area (Å²) in [5.74, 6) is 0. The van der Waals surface area contributed by atoms with Crippen LogP contribution in [0.5, 0.6) is 0 Å². The number of rotatable bonds is 3. The fourth-order valence-electron chi connectivity index (χ4n) is 2.99. The number of hydrogen-bond acceptors (Lipinski definition) is 2. The van der Waals surface area contributed by atoms with Gasteiger partial charge >= 0.3 is 0 Å². The van der Waals surface area contributed by atoms with Crippen molar-refractivity contribution < 1.29 is 0 Å². The highest BCUT2D eigenvalue weighted by atomic mass is 32.1. The molecular weight excluding hydrogens is 266 g/mol. The highest BCUT2D eigenvalue weighted by Gasteiger charge is 2.15. The Labute approximate surface area is 125 Å². The maximum atomic E-state index is 5.36. The van der Waals surface area contributed by atoms with Crippen LogP contribution < -0.4 is 16.2 Å². The van der Waals surface area contributed by atoms with Crippen LogP contribution in [-0.4, -0.2) is 11.2 Å². The van der Waals surface area contributed by atoms with Gasteiger partial charge < -0.3 is 5.32 Å². The average Bonchev–Trinajstić information content (AvgIpc) is 2.89. The van der Waals surface area contributed by atoms with Gasteiger partial charge in [-0.05, 0) is 37.0 Å². The molecule has 4 heteroatoms. The monoisotopic (exact) mass is 287 g/mol. The smallest absolute Gasteiger partial charge is 0.185 e. The summed E-state index contributed by atoms with van der Waals surface area (Å²) in [4.78, 5) is 0. The summed E-state index contributed by atoms with van der Waals surface area (Å²) in [6.07, 6.45) is 9.63. The average molecular weight is 287 g/mol. The van der Waals surface area contributed by atoms with E-state index >= 15 is 0 Å². The topological polar surface area (TPSA) is 36.1 Å². The van der Waals surface area contributed by atoms with Crippen LogP contribution >= 0.6 is 12.2 Å². The molecule has 1 saturated carbocycles. The molecule has 106 valence electrons. The van der Waals surface area contributed by atoms with Gasteiger partial charge in [-0.2, -0.15) is 0 Å². The summed E-state index contributed by atoms with van der Waals surface area (Å²) in [5.41, 5.74) is 10.1. The fraction of sp³-hybridized carbons (Fsp3) is 0.438. The lowest BCUT2D eigenvalue weighted by Crippen LogP contribution is -2.47. The molecule has 1 fully saturated rings. The molecule has 2 aliphatic rings. The van der Waals surface area contributed by atoms with E-state index in [-0.39, 0.29) is 0 Å². The molecule has 0 amide bonds. The Hall–Kier alpha value is -1.55. The van der Waals surface area contributed by atoms with Crippen molar-refractivity contribution in [3.63, 3.8) is 0 Å². The normalized spacial score (nSPS) is 18.1. The van der Waals surface area contributed by atoms with E-state index in [1.54, 1.807) is 0 Å². The summed E-state index contributed by atoms with van der Waals surface area (Å²) in [5, 5.41) is 4.09. The zero-order valence-corrected chi connectivity index (χ0v) is 12.4. The third-order valence-corrected chi connectivity index (χ3v) is 4.30. The first kappa shape index (κ1) is 13.4. The molecule has 1 aromatic carbocycles. The second-order valence-corrected chi connectivity index (χ2v) is 5.95. The molecular formula is C16H21N3S. The molecule has 0 aliphatic heterocycles. The zero-order chi connectivity index (χ0) is 13.8. The second-order valence-electron chi connectivity index (χ2n) is 5.54. The lowest BCUT2D eigenvalue weighted by Gasteiger charge is -2.24. The van der Waals surface area contributed by atoms with Crippen molar-refractivity contribution in [2.75, 3.05) is 0 Å². The largest absolute Gasteiger partial charge is 0.359 e. The van der Waals surface area contributed by atoms with Crippen molar-refractivity contribution in [1.82, 2.24) is 16.2 Å². The van der Waals surface area contributed by atoms with Gasteiger partial charge in [-0.3, -0.25) is 10.9 Å². The Morgan fingerprint density at radius 3 is 2.75 bits per heavy atom. The van der Waals surface area contributed by atoms with Crippen LogP contribution in [-0.2, 0) is 6.42 Å². The minimum absolute atomic E-state index is 0.537. The van der Waals surface area contributed by atoms with Crippen LogP contribution in [0.25, 0.3) is 5.70 Å². The minimum atomic E-state index is 0.537. The van der Waals surface area contributed by atoms with Gasteiger partial charge in [0.05, 0.1) is 5.70 Å². The molecule has 2 aliphatic carbocycles. The van der Waals surface area contributed by atoms with Crippen molar-refractivity contribution in [3.05, 3.63) is 41.5 Å². The Morgan fingerprint density at radius 1 is 1.10 bits per heavy atom. The summed E-state index contributed by atoms with van der Waals surface area (Å²) in [7, 11) is 0. The third kappa shape index (κ3) is 3.12. The van der Waals surface area contributed by atoms with Crippen molar-refractivity contribution in [3.8, 4) is 0 Å². The number of thiocarbonyl (C=S) groups is 1. The number of nitrogens with one attached hydrogen (secondary N) is 3. The number of allylic oxidation sites excluding steroid dienone is 1. The van der Waals surface area contributed by atoms with Gasteiger partial charge in [0.25, 0.3) is 0 Å². The maximum absolute atomic E-state index is 5.36. The van der Waals surface area contributed by atoms with E-state index in [2.05, 4.69) is 46.5 Å². The maximum Gasteiger partial charge on any atom is 0.185 e. The minimum Gasteiger partial charge on any atom is -0.359 e. The number of benzene rings is 1. The van der Waals surface area contributed by atoms with E-state index in [0.717, 1.165) is 12.1 Å². The van der Waals surface area contributed by atoms with Crippen LogP contribution in [0.15, 0.2) is 30.3 Å². The van der Waals surface area contributed by atoms with E-state index in [4.69, 9.17) is 12.2 Å². The number of fused-ring (bicyclic) bond motifs is 1. The predicted octanol–water partition coefficient (Wildman–Crippen LogP) is 2.89. The van der Waals surface area contributed by atoms with Crippen LogP contribution in [0.3, 0.4) is 0 Å². The van der Waals surface area contributed by atoms with Crippen LogP contribution in [0.2, 0.25) is 0 Å². The summed E-state index contributed by atoms with van der Waals surface area (Å²) in [6.45, 7) is 0. The number of hydrogen-bond donors (Lipinski definition) is 3. The SMILES string of the molecule is S=C(NNC1=CCc2ccccc21)NC1CCCCC1. The van der Waals surface area contributed by atoms with E-state index in [1.807, 2.05) is 0 Å². The highest BCUT2D eigenvalue weighted by Crippen LogP contribution is 2.24. The number of hydrazine groups is 1. The van der Waals surface area contributed by atoms with Crippen LogP contribution in [0.1, 0.15) is 43.2 Å². The van der Waals surface area contributed by atoms with Gasteiger partial charge in [0.1, 0.15) is 0 Å². The molecule has 0 spiro atoms. The first-order valence-electron chi connectivity index (χ1n) is 7.44. The van der Waals surface area contributed by atoms with Crippen molar-refractivity contribution in [2.45, 2.75) is 44.6 Å². The van der Waals surface area contributed by atoms with Gasteiger partial charge in [-0.1, -0.05) is 49.6 Å². The molecule has 0 heterocycles. The Balaban J connectivity index is 1.49. The van der Waals surface area contributed by atoms with Crippen molar-refractivity contribution >= 4 is 23.0 Å². The molecule has 0 bridgehead atoms. The molecule has 3 N–H and O–H groups in total. The van der Waals surface area contributed by atoms with E-state index < -0.39 is 0 Å². The highest BCUT2D eigenvalue weighted by molar-refractivity contribution is 7.80. The van der Waals surface area contributed by atoms with Crippen molar-refractivity contribution in [2.24, 2.45) is 0 Å². The molecule has 1 aromatic rings. The predicted molar refractivity (Wildman–Crippen MR) is 87.0 cm³/mol. The molecule has 20 heavy (non-hydrogen) atoms. The Morgan fingerprint density at radius 2 is 1.90 bits per heavy atom.